The Morgan fingerprint density at radius 3 is 2.32 bits per heavy atom. The third kappa shape index (κ3) is 3.16. The van der Waals surface area contributed by atoms with Gasteiger partial charge >= 0.3 is 0 Å². The SMILES string of the molecule is Cc1nc(C)c(CNC(=O)c2ccccc2)nc1C. The van der Waals surface area contributed by atoms with Crippen LogP contribution in [0, 0.1) is 20.8 Å². The van der Waals surface area contributed by atoms with Crippen LogP contribution in [-0.4, -0.2) is 15.9 Å². The average Bonchev–Trinajstić information content (AvgIpc) is 2.42. The third-order valence-electron chi connectivity index (χ3n) is 3.03. The van der Waals surface area contributed by atoms with E-state index in [9.17, 15) is 4.79 Å². The Bertz CT molecular complexity index is 594. The van der Waals surface area contributed by atoms with E-state index in [2.05, 4.69) is 15.3 Å². The van der Waals surface area contributed by atoms with Crippen molar-refractivity contribution in [3.8, 4) is 0 Å². The third-order valence-corrected chi connectivity index (χ3v) is 3.03. The maximum atomic E-state index is 11.9. The average molecular weight is 255 g/mol. The van der Waals surface area contributed by atoms with Crippen LogP contribution in [0.25, 0.3) is 0 Å². The van der Waals surface area contributed by atoms with Crippen LogP contribution in [0.2, 0.25) is 0 Å². The molecular formula is C15H17N3O. The molecule has 1 N–H and O–H groups in total. The van der Waals surface area contributed by atoms with Gasteiger partial charge in [0.05, 0.1) is 29.3 Å². The molecule has 0 aliphatic rings. The lowest BCUT2D eigenvalue weighted by atomic mass is 10.2. The van der Waals surface area contributed by atoms with Crippen molar-refractivity contribution in [2.24, 2.45) is 0 Å². The highest BCUT2D eigenvalue weighted by Crippen LogP contribution is 2.07. The highest BCUT2D eigenvalue weighted by Gasteiger charge is 2.08. The first-order chi connectivity index (χ1) is 9.08. The van der Waals surface area contributed by atoms with Crippen LogP contribution in [0.1, 0.15) is 33.1 Å². The minimum absolute atomic E-state index is 0.0972. The summed E-state index contributed by atoms with van der Waals surface area (Å²) < 4.78 is 0. The van der Waals surface area contributed by atoms with Crippen molar-refractivity contribution in [1.29, 1.82) is 0 Å². The first kappa shape index (κ1) is 13.2. The van der Waals surface area contributed by atoms with Crippen molar-refractivity contribution < 1.29 is 4.79 Å². The molecule has 0 atom stereocenters. The number of amides is 1. The first-order valence-corrected chi connectivity index (χ1v) is 6.22. The molecule has 0 aliphatic heterocycles. The van der Waals surface area contributed by atoms with E-state index >= 15 is 0 Å². The highest BCUT2D eigenvalue weighted by atomic mass is 16.1. The van der Waals surface area contributed by atoms with Gasteiger partial charge in [0.15, 0.2) is 0 Å². The van der Waals surface area contributed by atoms with Crippen LogP contribution in [0.5, 0.6) is 0 Å². The molecule has 2 rings (SSSR count). The van der Waals surface area contributed by atoms with E-state index in [1.54, 1.807) is 12.1 Å². The number of hydrogen-bond acceptors (Lipinski definition) is 3. The first-order valence-electron chi connectivity index (χ1n) is 6.22. The predicted molar refractivity (Wildman–Crippen MR) is 73.9 cm³/mol. The fourth-order valence-corrected chi connectivity index (χ4v) is 1.78. The number of carbonyl (C=O) groups is 1. The number of nitrogens with zero attached hydrogens (tertiary/aromatic N) is 2. The smallest absolute Gasteiger partial charge is 0.251 e. The summed E-state index contributed by atoms with van der Waals surface area (Å²) in [6.45, 7) is 6.16. The number of nitrogens with one attached hydrogen (secondary N) is 1. The van der Waals surface area contributed by atoms with Gasteiger partial charge in [0.2, 0.25) is 0 Å². The number of carbonyl (C=O) groups excluding carboxylic acids is 1. The van der Waals surface area contributed by atoms with E-state index in [-0.39, 0.29) is 5.91 Å². The summed E-state index contributed by atoms with van der Waals surface area (Å²) in [7, 11) is 0. The summed E-state index contributed by atoms with van der Waals surface area (Å²) in [4.78, 5) is 20.8. The Morgan fingerprint density at radius 2 is 1.63 bits per heavy atom. The molecule has 1 aromatic carbocycles. The molecule has 0 bridgehead atoms. The Labute approximate surface area is 112 Å². The Kier molecular flexibility index (Phi) is 3.90. The second-order valence-corrected chi connectivity index (χ2v) is 4.48. The lowest BCUT2D eigenvalue weighted by molar-refractivity contribution is 0.0950. The fraction of sp³-hybridized carbons (Fsp3) is 0.267. The van der Waals surface area contributed by atoms with Crippen LogP contribution >= 0.6 is 0 Å². The molecule has 0 radical (unpaired) electrons. The summed E-state index contributed by atoms with van der Waals surface area (Å²) in [5, 5.41) is 2.86. The van der Waals surface area contributed by atoms with Crippen molar-refractivity contribution >= 4 is 5.91 Å². The molecule has 0 unspecified atom stereocenters. The molecule has 1 heterocycles. The molecule has 0 saturated heterocycles. The molecule has 4 heteroatoms. The largest absolute Gasteiger partial charge is 0.346 e. The Balaban J connectivity index is 2.07. The molecule has 1 amide bonds. The van der Waals surface area contributed by atoms with Crippen molar-refractivity contribution in [3.63, 3.8) is 0 Å². The molecular weight excluding hydrogens is 238 g/mol. The molecule has 2 aromatic rings. The van der Waals surface area contributed by atoms with Gasteiger partial charge in [-0.05, 0) is 32.9 Å². The summed E-state index contributed by atoms with van der Waals surface area (Å²) >= 11 is 0. The normalized spacial score (nSPS) is 10.3. The standard InChI is InChI=1S/C15H17N3O/c1-10-11(2)18-14(12(3)17-10)9-16-15(19)13-7-5-4-6-8-13/h4-8H,9H2,1-3H3,(H,16,19). The Hall–Kier alpha value is -2.23. The molecule has 0 spiro atoms. The van der Waals surface area contributed by atoms with Gasteiger partial charge in [0.1, 0.15) is 0 Å². The summed E-state index contributed by atoms with van der Waals surface area (Å²) in [5.74, 6) is -0.0972. The van der Waals surface area contributed by atoms with Crippen molar-refractivity contribution in [3.05, 3.63) is 58.7 Å². The summed E-state index contributed by atoms with van der Waals surface area (Å²) in [6.07, 6.45) is 0. The van der Waals surface area contributed by atoms with Crippen LogP contribution in [0.15, 0.2) is 30.3 Å². The van der Waals surface area contributed by atoms with Gasteiger partial charge in [-0.15, -0.1) is 0 Å². The zero-order valence-corrected chi connectivity index (χ0v) is 11.4. The zero-order valence-electron chi connectivity index (χ0n) is 11.4. The van der Waals surface area contributed by atoms with Gasteiger partial charge in [-0.25, -0.2) is 0 Å². The summed E-state index contributed by atoms with van der Waals surface area (Å²) in [5.41, 5.74) is 4.14. The second-order valence-electron chi connectivity index (χ2n) is 4.48. The van der Waals surface area contributed by atoms with Gasteiger partial charge in [-0.2, -0.15) is 0 Å². The van der Waals surface area contributed by atoms with Gasteiger partial charge in [-0.1, -0.05) is 18.2 Å². The molecule has 0 aliphatic carbocycles. The topological polar surface area (TPSA) is 54.9 Å². The summed E-state index contributed by atoms with van der Waals surface area (Å²) in [6, 6.07) is 9.14. The quantitative estimate of drug-likeness (QED) is 0.915. The second kappa shape index (κ2) is 5.61. The molecule has 98 valence electrons. The maximum Gasteiger partial charge on any atom is 0.251 e. The van der Waals surface area contributed by atoms with E-state index < -0.39 is 0 Å². The molecule has 4 nitrogen and oxygen atoms in total. The number of aryl methyl sites for hydroxylation is 3. The molecule has 1 aromatic heterocycles. The van der Waals surface area contributed by atoms with Crippen molar-refractivity contribution in [2.75, 3.05) is 0 Å². The fourth-order valence-electron chi connectivity index (χ4n) is 1.78. The number of hydrogen-bond donors (Lipinski definition) is 1. The van der Waals surface area contributed by atoms with Crippen LogP contribution in [0.3, 0.4) is 0 Å². The number of aromatic nitrogens is 2. The molecule has 19 heavy (non-hydrogen) atoms. The van der Waals surface area contributed by atoms with E-state index in [1.807, 2.05) is 39.0 Å². The van der Waals surface area contributed by atoms with Crippen LogP contribution < -0.4 is 5.32 Å². The van der Waals surface area contributed by atoms with Crippen molar-refractivity contribution in [2.45, 2.75) is 27.3 Å². The van der Waals surface area contributed by atoms with Crippen LogP contribution in [-0.2, 0) is 6.54 Å². The lowest BCUT2D eigenvalue weighted by Crippen LogP contribution is -2.24. The van der Waals surface area contributed by atoms with E-state index in [1.165, 1.54) is 0 Å². The monoisotopic (exact) mass is 255 g/mol. The number of rotatable bonds is 3. The van der Waals surface area contributed by atoms with E-state index in [0.717, 1.165) is 22.8 Å². The highest BCUT2D eigenvalue weighted by molar-refractivity contribution is 5.94. The zero-order chi connectivity index (χ0) is 13.8. The van der Waals surface area contributed by atoms with E-state index in [0.29, 0.717) is 12.1 Å². The minimum Gasteiger partial charge on any atom is -0.346 e. The lowest BCUT2D eigenvalue weighted by Gasteiger charge is -2.09. The van der Waals surface area contributed by atoms with Gasteiger partial charge in [0.25, 0.3) is 5.91 Å². The predicted octanol–water partition coefficient (Wildman–Crippen LogP) is 2.33. The van der Waals surface area contributed by atoms with Crippen molar-refractivity contribution in [1.82, 2.24) is 15.3 Å². The minimum atomic E-state index is -0.0972. The maximum absolute atomic E-state index is 11.9. The Morgan fingerprint density at radius 1 is 1.00 bits per heavy atom. The van der Waals surface area contributed by atoms with Gasteiger partial charge in [0, 0.05) is 5.56 Å². The molecule has 0 saturated carbocycles. The molecule has 0 fully saturated rings. The number of benzene rings is 1. The van der Waals surface area contributed by atoms with Gasteiger partial charge in [-0.3, -0.25) is 14.8 Å². The van der Waals surface area contributed by atoms with Crippen LogP contribution in [0.4, 0.5) is 0 Å². The van der Waals surface area contributed by atoms with Gasteiger partial charge < -0.3 is 5.32 Å². The van der Waals surface area contributed by atoms with E-state index in [4.69, 9.17) is 0 Å².